The van der Waals surface area contributed by atoms with E-state index in [4.69, 9.17) is 55.9 Å². The molecule has 0 radical (unpaired) electrons. The van der Waals surface area contributed by atoms with Gasteiger partial charge >= 0.3 is 0 Å². The molecular weight excluding hydrogens is 634 g/mol. The van der Waals surface area contributed by atoms with Gasteiger partial charge in [-0.3, -0.25) is 4.79 Å². The summed E-state index contributed by atoms with van der Waals surface area (Å²) in [4.78, 5) is 14.6. The highest BCUT2D eigenvalue weighted by atomic mass is 35.6. The Morgan fingerprint density at radius 1 is 1.00 bits per heavy atom. The topological polar surface area (TPSA) is 91.3 Å². The normalized spacial score (nSPS) is 24.4. The van der Waals surface area contributed by atoms with Crippen LogP contribution in [0, 0.1) is 5.92 Å². The monoisotopic (exact) mass is 666 g/mol. The molecule has 3 aromatic carbocycles. The van der Waals surface area contributed by atoms with Gasteiger partial charge in [0.2, 0.25) is 0 Å². The number of nitrogens with one attached hydrogen (secondary N) is 1. The first kappa shape index (κ1) is 32.5. The van der Waals surface area contributed by atoms with Crippen molar-refractivity contribution in [1.82, 2.24) is 4.90 Å². The molecule has 5 rings (SSSR count). The highest BCUT2D eigenvalue weighted by molar-refractivity contribution is 6.76. The molecule has 11 heteroatoms. The van der Waals surface area contributed by atoms with Crippen molar-refractivity contribution in [2.75, 3.05) is 25.0 Å². The van der Waals surface area contributed by atoms with Gasteiger partial charge in [0.1, 0.15) is 0 Å². The number of likely N-dealkylation sites (tertiary alicyclic amines) is 1. The minimum atomic E-state index is -2.10. The molecule has 2 heterocycles. The molecule has 1 amide bonds. The van der Waals surface area contributed by atoms with Crippen LogP contribution in [0.5, 0.6) is 0 Å². The number of alkyl halides is 3. The van der Waals surface area contributed by atoms with Crippen LogP contribution in [0.25, 0.3) is 0 Å². The van der Waals surface area contributed by atoms with Crippen molar-refractivity contribution in [1.29, 1.82) is 0 Å². The van der Waals surface area contributed by atoms with Crippen LogP contribution in [-0.4, -0.2) is 50.6 Å². The summed E-state index contributed by atoms with van der Waals surface area (Å²) in [7, 11) is 0. The summed E-state index contributed by atoms with van der Waals surface area (Å²) in [6.45, 7) is 4.11. The molecule has 0 aromatic heterocycles. The van der Waals surface area contributed by atoms with E-state index in [1.54, 1.807) is 18.2 Å². The van der Waals surface area contributed by atoms with E-state index in [0.717, 1.165) is 16.7 Å². The van der Waals surface area contributed by atoms with Gasteiger partial charge in [-0.25, -0.2) is 0 Å². The predicted octanol–water partition coefficient (Wildman–Crippen LogP) is 6.92. The van der Waals surface area contributed by atoms with E-state index in [1.807, 2.05) is 54.6 Å². The van der Waals surface area contributed by atoms with E-state index in [2.05, 4.69) is 17.1 Å². The Balaban J connectivity index is 1.35. The zero-order valence-electron chi connectivity index (χ0n) is 23.6. The SMILES string of the molecule is C[C@@H]1[C@H](CN2CCC(O)(c3ccc(Cl)cc3)CC2)O[C@H](c2cccc(NC(=O)C(Cl)(Cl)Cl)c2)O[C@@H]1c1ccc(CO)cc1. The second-order valence-corrected chi connectivity index (χ2v) is 14.0. The van der Waals surface area contributed by atoms with Crippen LogP contribution in [0.15, 0.2) is 72.8 Å². The molecule has 2 aliphatic rings. The van der Waals surface area contributed by atoms with Crippen molar-refractivity contribution in [3.05, 3.63) is 100 Å². The Morgan fingerprint density at radius 2 is 1.67 bits per heavy atom. The highest BCUT2D eigenvalue weighted by Gasteiger charge is 2.41. The van der Waals surface area contributed by atoms with Gasteiger partial charge in [-0.15, -0.1) is 0 Å². The van der Waals surface area contributed by atoms with E-state index in [-0.39, 0.29) is 24.7 Å². The molecule has 2 saturated heterocycles. The molecule has 0 bridgehead atoms. The first-order valence-electron chi connectivity index (χ1n) is 14.1. The third-order valence-electron chi connectivity index (χ3n) is 8.30. The van der Waals surface area contributed by atoms with Gasteiger partial charge in [-0.1, -0.05) is 102 Å². The van der Waals surface area contributed by atoms with Gasteiger partial charge in [0.15, 0.2) is 6.29 Å². The van der Waals surface area contributed by atoms with Gasteiger partial charge < -0.3 is 29.9 Å². The van der Waals surface area contributed by atoms with Crippen molar-refractivity contribution in [3.8, 4) is 0 Å². The summed E-state index contributed by atoms with van der Waals surface area (Å²) in [5, 5.41) is 24.2. The van der Waals surface area contributed by atoms with Crippen LogP contribution >= 0.6 is 46.4 Å². The summed E-state index contributed by atoms with van der Waals surface area (Å²) < 4.78 is 11.0. The van der Waals surface area contributed by atoms with Gasteiger partial charge in [-0.2, -0.15) is 0 Å². The van der Waals surface area contributed by atoms with Crippen LogP contribution in [0.4, 0.5) is 5.69 Å². The van der Waals surface area contributed by atoms with Crippen molar-refractivity contribution >= 4 is 58.0 Å². The molecule has 4 atom stereocenters. The number of piperidine rings is 1. The first-order valence-corrected chi connectivity index (χ1v) is 15.7. The number of carbonyl (C=O) groups excluding carboxylic acids is 1. The third kappa shape index (κ3) is 7.85. The maximum absolute atomic E-state index is 12.3. The average Bonchev–Trinajstić information content (AvgIpc) is 2.99. The molecule has 43 heavy (non-hydrogen) atoms. The van der Waals surface area contributed by atoms with Gasteiger partial charge in [0.05, 0.1) is 24.4 Å². The number of aliphatic hydroxyl groups is 2. The minimum Gasteiger partial charge on any atom is -0.392 e. The summed E-state index contributed by atoms with van der Waals surface area (Å²) in [6.07, 6.45) is -0.0579. The molecule has 3 aromatic rings. The van der Waals surface area contributed by atoms with Gasteiger partial charge in [-0.05, 0) is 53.8 Å². The molecule has 7 nitrogen and oxygen atoms in total. The predicted molar refractivity (Wildman–Crippen MR) is 169 cm³/mol. The van der Waals surface area contributed by atoms with Crippen molar-refractivity contribution in [2.24, 2.45) is 5.92 Å². The van der Waals surface area contributed by atoms with Gasteiger partial charge in [0, 0.05) is 41.8 Å². The Labute approximate surface area is 271 Å². The second-order valence-electron chi connectivity index (χ2n) is 11.2. The fourth-order valence-corrected chi connectivity index (χ4v) is 5.97. The number of ether oxygens (including phenoxy) is 2. The Morgan fingerprint density at radius 3 is 2.30 bits per heavy atom. The van der Waals surface area contributed by atoms with Crippen molar-refractivity contribution in [2.45, 2.75) is 54.3 Å². The average molecular weight is 668 g/mol. The van der Waals surface area contributed by atoms with E-state index >= 15 is 0 Å². The zero-order chi connectivity index (χ0) is 30.8. The number of aliphatic hydroxyl groups excluding tert-OH is 1. The number of nitrogens with zero attached hydrogens (tertiary/aromatic N) is 1. The third-order valence-corrected chi connectivity index (χ3v) is 9.07. The lowest BCUT2D eigenvalue weighted by Crippen LogP contribution is -2.49. The molecule has 0 saturated carbocycles. The number of rotatable bonds is 7. The quantitative estimate of drug-likeness (QED) is 0.237. The standard InChI is InChI=1S/C32H34Cl4N2O5/c1-20-27(18-38-15-13-31(41,14-16-38)24-9-11-25(33)12-10-24)42-29(43-28(20)22-7-5-21(19-39)6-8-22)23-3-2-4-26(17-23)37-30(40)32(34,35)36/h2-12,17,20,27-29,39,41H,13-16,18-19H2,1H3,(H,37,40)/t20-,27+,28+,29+/m1/s1. The molecule has 0 spiro atoms. The van der Waals surface area contributed by atoms with E-state index in [0.29, 0.717) is 48.7 Å². The number of carbonyl (C=O) groups is 1. The molecule has 0 aliphatic carbocycles. The first-order chi connectivity index (χ1) is 20.4. The summed E-state index contributed by atoms with van der Waals surface area (Å²) in [5.74, 6) is -0.780. The van der Waals surface area contributed by atoms with Crippen LogP contribution < -0.4 is 5.32 Å². The Hall–Kier alpha value is -1.91. The molecule has 230 valence electrons. The lowest BCUT2D eigenvalue weighted by molar-refractivity contribution is -0.277. The maximum atomic E-state index is 12.3. The Bertz CT molecular complexity index is 1390. The minimum absolute atomic E-state index is 0.0134. The van der Waals surface area contributed by atoms with Crippen molar-refractivity contribution < 1.29 is 24.5 Å². The molecule has 0 unspecified atom stereocenters. The Kier molecular flexibility index (Phi) is 10.3. The van der Waals surface area contributed by atoms with E-state index in [9.17, 15) is 15.0 Å². The largest absolute Gasteiger partial charge is 0.392 e. The number of amides is 1. The molecule has 2 fully saturated rings. The van der Waals surface area contributed by atoms with Crippen LogP contribution in [0.1, 0.15) is 54.4 Å². The zero-order valence-corrected chi connectivity index (χ0v) is 26.6. The fraction of sp³-hybridized carbons (Fsp3) is 0.406. The number of anilines is 1. The molecule has 2 aliphatic heterocycles. The summed E-state index contributed by atoms with van der Waals surface area (Å²) in [5.41, 5.74) is 2.90. The van der Waals surface area contributed by atoms with E-state index in [1.165, 1.54) is 0 Å². The summed E-state index contributed by atoms with van der Waals surface area (Å²) in [6, 6.07) is 22.2. The number of benzene rings is 3. The van der Waals surface area contributed by atoms with Gasteiger partial charge in [0.25, 0.3) is 9.70 Å². The fourth-order valence-electron chi connectivity index (χ4n) is 5.70. The number of halogens is 4. The lowest BCUT2D eigenvalue weighted by atomic mass is 9.84. The lowest BCUT2D eigenvalue weighted by Gasteiger charge is -2.45. The maximum Gasteiger partial charge on any atom is 0.276 e. The molecule has 3 N–H and O–H groups in total. The van der Waals surface area contributed by atoms with Crippen molar-refractivity contribution in [3.63, 3.8) is 0 Å². The second kappa shape index (κ2) is 13.6. The van der Waals surface area contributed by atoms with Crippen LogP contribution in [0.3, 0.4) is 0 Å². The van der Waals surface area contributed by atoms with Crippen LogP contribution in [-0.2, 0) is 26.5 Å². The summed E-state index contributed by atoms with van der Waals surface area (Å²) >= 11 is 23.3. The van der Waals surface area contributed by atoms with E-state index < -0.39 is 21.6 Å². The number of hydrogen-bond donors (Lipinski definition) is 3. The highest BCUT2D eigenvalue weighted by Crippen LogP contribution is 2.43. The molecular formula is C32H34Cl4N2O5. The number of hydrogen-bond acceptors (Lipinski definition) is 6. The van der Waals surface area contributed by atoms with Crippen LogP contribution in [0.2, 0.25) is 5.02 Å². The smallest absolute Gasteiger partial charge is 0.276 e.